The number of benzene rings is 2. The Bertz CT molecular complexity index is 723. The van der Waals surface area contributed by atoms with Gasteiger partial charge in [0, 0.05) is 24.2 Å². The van der Waals surface area contributed by atoms with Crippen molar-refractivity contribution in [1.82, 2.24) is 4.90 Å². The first kappa shape index (κ1) is 18.6. The van der Waals surface area contributed by atoms with Gasteiger partial charge in [0.2, 0.25) is 0 Å². The number of carbonyl (C=O) groups excluding carboxylic acids is 1. The van der Waals surface area contributed by atoms with Crippen LogP contribution in [0.25, 0.3) is 0 Å². The maximum atomic E-state index is 12.5. The molecular formula is C18H19BrClNO3. The number of ether oxygens (including phenoxy) is 2. The lowest BCUT2D eigenvalue weighted by Gasteiger charge is -2.23. The van der Waals surface area contributed by atoms with Crippen molar-refractivity contribution in [3.63, 3.8) is 0 Å². The van der Waals surface area contributed by atoms with Crippen LogP contribution in [0.3, 0.4) is 0 Å². The first-order chi connectivity index (χ1) is 11.4. The molecule has 24 heavy (non-hydrogen) atoms. The molecule has 0 aliphatic carbocycles. The van der Waals surface area contributed by atoms with Gasteiger partial charge in [-0.15, -0.1) is 0 Å². The number of nitrogens with zero attached hydrogens (tertiary/aromatic N) is 1. The zero-order chi connectivity index (χ0) is 17.7. The molecule has 1 unspecified atom stereocenters. The molecule has 0 bridgehead atoms. The number of methoxy groups -OCH3 is 1. The van der Waals surface area contributed by atoms with Gasteiger partial charge in [-0.2, -0.15) is 0 Å². The summed E-state index contributed by atoms with van der Waals surface area (Å²) in [5.41, 5.74) is 0.940. The molecule has 2 aromatic rings. The number of likely N-dealkylation sites (N-methyl/N-ethyl adjacent to an activating group) is 1. The Morgan fingerprint density at radius 2 is 1.96 bits per heavy atom. The first-order valence-corrected chi connectivity index (χ1v) is 8.58. The third-order valence-corrected chi connectivity index (χ3v) is 4.38. The average molecular weight is 413 g/mol. The van der Waals surface area contributed by atoms with Crippen molar-refractivity contribution in [1.29, 1.82) is 0 Å². The predicted octanol–water partition coefficient (Wildman–Crippen LogP) is 4.54. The van der Waals surface area contributed by atoms with E-state index in [4.69, 9.17) is 21.1 Å². The van der Waals surface area contributed by atoms with E-state index in [1.54, 1.807) is 44.2 Å². The fourth-order valence-electron chi connectivity index (χ4n) is 2.29. The number of rotatable bonds is 6. The van der Waals surface area contributed by atoms with Gasteiger partial charge in [-0.3, -0.25) is 4.79 Å². The summed E-state index contributed by atoms with van der Waals surface area (Å²) in [5, 5.41) is 0.599. The monoisotopic (exact) mass is 411 g/mol. The summed E-state index contributed by atoms with van der Waals surface area (Å²) < 4.78 is 11.8. The van der Waals surface area contributed by atoms with E-state index < -0.39 is 6.10 Å². The quantitative estimate of drug-likeness (QED) is 0.699. The number of amides is 1. The van der Waals surface area contributed by atoms with Gasteiger partial charge in [-0.25, -0.2) is 0 Å². The fraction of sp³-hybridized carbons (Fsp3) is 0.278. The zero-order valence-corrected chi connectivity index (χ0v) is 16.1. The minimum absolute atomic E-state index is 0.122. The molecule has 128 valence electrons. The lowest BCUT2D eigenvalue weighted by molar-refractivity contribution is -0.137. The van der Waals surface area contributed by atoms with Gasteiger partial charge in [0.25, 0.3) is 5.91 Å². The minimum atomic E-state index is -0.623. The molecule has 0 radical (unpaired) electrons. The highest BCUT2D eigenvalue weighted by Crippen LogP contribution is 2.29. The van der Waals surface area contributed by atoms with Crippen LogP contribution in [-0.4, -0.2) is 31.1 Å². The van der Waals surface area contributed by atoms with Crippen molar-refractivity contribution in [2.75, 3.05) is 14.2 Å². The minimum Gasteiger partial charge on any atom is -0.496 e. The van der Waals surface area contributed by atoms with E-state index in [1.165, 1.54) is 0 Å². The second kappa shape index (κ2) is 8.40. The van der Waals surface area contributed by atoms with Gasteiger partial charge in [0.05, 0.1) is 11.6 Å². The first-order valence-electron chi connectivity index (χ1n) is 7.41. The summed E-state index contributed by atoms with van der Waals surface area (Å²) in [6.45, 7) is 2.17. The highest BCUT2D eigenvalue weighted by atomic mass is 79.9. The topological polar surface area (TPSA) is 38.8 Å². The summed E-state index contributed by atoms with van der Waals surface area (Å²) in [6.07, 6.45) is -0.623. The Hall–Kier alpha value is -1.72. The normalized spacial score (nSPS) is 11.7. The van der Waals surface area contributed by atoms with Crippen molar-refractivity contribution >= 4 is 33.4 Å². The van der Waals surface area contributed by atoms with E-state index >= 15 is 0 Å². The Kier molecular flexibility index (Phi) is 6.52. The maximum absolute atomic E-state index is 12.5. The molecule has 0 aromatic heterocycles. The maximum Gasteiger partial charge on any atom is 0.263 e. The van der Waals surface area contributed by atoms with Crippen LogP contribution in [0.15, 0.2) is 46.9 Å². The summed E-state index contributed by atoms with van der Waals surface area (Å²) in [7, 11) is 3.36. The fourth-order valence-corrected chi connectivity index (χ4v) is 3.07. The predicted molar refractivity (Wildman–Crippen MR) is 98.7 cm³/mol. The number of para-hydroxylation sites is 1. The van der Waals surface area contributed by atoms with E-state index in [0.717, 1.165) is 11.3 Å². The van der Waals surface area contributed by atoms with E-state index in [2.05, 4.69) is 15.9 Å². The van der Waals surface area contributed by atoms with E-state index in [-0.39, 0.29) is 5.91 Å². The third-order valence-electron chi connectivity index (χ3n) is 3.52. The number of hydrogen-bond donors (Lipinski definition) is 0. The molecule has 0 aliphatic rings. The van der Waals surface area contributed by atoms with Crippen LogP contribution in [0.4, 0.5) is 0 Å². The number of halogens is 2. The number of carbonyl (C=O) groups is 1. The van der Waals surface area contributed by atoms with Crippen molar-refractivity contribution in [2.45, 2.75) is 19.6 Å². The Labute approximate surface area is 155 Å². The Morgan fingerprint density at radius 1 is 1.25 bits per heavy atom. The molecule has 2 rings (SSSR count). The van der Waals surface area contributed by atoms with Crippen molar-refractivity contribution in [3.8, 4) is 11.5 Å². The molecule has 0 heterocycles. The number of hydrogen-bond acceptors (Lipinski definition) is 3. The smallest absolute Gasteiger partial charge is 0.263 e. The van der Waals surface area contributed by atoms with Gasteiger partial charge in [0.1, 0.15) is 11.5 Å². The molecule has 1 amide bonds. The molecule has 0 spiro atoms. The average Bonchev–Trinajstić information content (AvgIpc) is 2.57. The van der Waals surface area contributed by atoms with E-state index in [0.29, 0.717) is 21.8 Å². The molecule has 0 N–H and O–H groups in total. The second-order valence-electron chi connectivity index (χ2n) is 5.34. The van der Waals surface area contributed by atoms with Gasteiger partial charge < -0.3 is 14.4 Å². The van der Waals surface area contributed by atoms with Crippen LogP contribution in [-0.2, 0) is 11.3 Å². The zero-order valence-electron chi connectivity index (χ0n) is 13.8. The van der Waals surface area contributed by atoms with Crippen molar-refractivity contribution < 1.29 is 14.3 Å². The van der Waals surface area contributed by atoms with Crippen molar-refractivity contribution in [2.24, 2.45) is 0 Å². The largest absolute Gasteiger partial charge is 0.496 e. The molecule has 2 aromatic carbocycles. The Morgan fingerprint density at radius 3 is 2.62 bits per heavy atom. The summed E-state index contributed by atoms with van der Waals surface area (Å²) in [5.74, 6) is 1.21. The molecule has 6 heteroatoms. The van der Waals surface area contributed by atoms with Gasteiger partial charge in [0.15, 0.2) is 6.10 Å². The SMILES string of the molecule is COc1ccccc1CN(C)C(=O)C(C)Oc1ccc(Cl)cc1Br. The molecular weight excluding hydrogens is 394 g/mol. The van der Waals surface area contributed by atoms with Gasteiger partial charge >= 0.3 is 0 Å². The van der Waals surface area contributed by atoms with Crippen LogP contribution < -0.4 is 9.47 Å². The summed E-state index contributed by atoms with van der Waals surface area (Å²) in [6, 6.07) is 12.8. The molecule has 0 aliphatic heterocycles. The van der Waals surface area contributed by atoms with Gasteiger partial charge in [-0.1, -0.05) is 29.8 Å². The highest BCUT2D eigenvalue weighted by molar-refractivity contribution is 9.10. The Balaban J connectivity index is 2.04. The molecule has 0 saturated carbocycles. The summed E-state index contributed by atoms with van der Waals surface area (Å²) in [4.78, 5) is 14.2. The molecule has 1 atom stereocenters. The van der Waals surface area contributed by atoms with Crippen LogP contribution in [0.5, 0.6) is 11.5 Å². The van der Waals surface area contributed by atoms with E-state index in [1.807, 2.05) is 24.3 Å². The van der Waals surface area contributed by atoms with Gasteiger partial charge in [-0.05, 0) is 47.1 Å². The molecule has 0 fully saturated rings. The van der Waals surface area contributed by atoms with Crippen LogP contribution in [0.1, 0.15) is 12.5 Å². The highest BCUT2D eigenvalue weighted by Gasteiger charge is 2.21. The lowest BCUT2D eigenvalue weighted by Crippen LogP contribution is -2.37. The standard InChI is InChI=1S/C18H19BrClNO3/c1-12(24-17-9-8-14(20)10-15(17)19)18(22)21(2)11-13-6-4-5-7-16(13)23-3/h4-10,12H,11H2,1-3H3. The lowest BCUT2D eigenvalue weighted by atomic mass is 10.2. The van der Waals surface area contributed by atoms with Crippen LogP contribution in [0, 0.1) is 0 Å². The van der Waals surface area contributed by atoms with Crippen LogP contribution in [0.2, 0.25) is 5.02 Å². The third kappa shape index (κ3) is 4.65. The summed E-state index contributed by atoms with van der Waals surface area (Å²) >= 11 is 9.30. The van der Waals surface area contributed by atoms with Crippen molar-refractivity contribution in [3.05, 3.63) is 57.5 Å². The molecule has 0 saturated heterocycles. The second-order valence-corrected chi connectivity index (χ2v) is 6.63. The molecule has 4 nitrogen and oxygen atoms in total. The van der Waals surface area contributed by atoms with E-state index in [9.17, 15) is 4.79 Å². The van der Waals surface area contributed by atoms with Crippen LogP contribution >= 0.6 is 27.5 Å².